The van der Waals surface area contributed by atoms with E-state index in [-0.39, 0.29) is 10.9 Å². The molecule has 2 nitrogen and oxygen atoms in total. The maximum Gasteiger partial charge on any atom is 0.219 e. The molecule has 1 rings (SSSR count). The molecular formula is C11H12O2S. The Morgan fingerprint density at radius 3 is 2.64 bits per heavy atom. The molecule has 14 heavy (non-hydrogen) atoms. The molecule has 0 bridgehead atoms. The lowest BCUT2D eigenvalue weighted by Crippen LogP contribution is -2.17. The summed E-state index contributed by atoms with van der Waals surface area (Å²) in [5.41, 5.74) is 1.13. The fraction of sp³-hybridized carbons (Fsp3) is 0.364. The van der Waals surface area contributed by atoms with Crippen LogP contribution < -0.4 is 0 Å². The number of hydrogen-bond donors (Lipinski definition) is 1. The Hall–Kier alpha value is -1.14. The average molecular weight is 208 g/mol. The maximum absolute atomic E-state index is 11.3. The average Bonchev–Trinajstić information content (AvgIpc) is 2.30. The minimum Gasteiger partial charge on any atom is -0.510 e. The van der Waals surface area contributed by atoms with E-state index in [2.05, 4.69) is 5.92 Å². The van der Waals surface area contributed by atoms with Crippen LogP contribution in [0.15, 0.2) is 23.0 Å². The van der Waals surface area contributed by atoms with Gasteiger partial charge in [0.2, 0.25) is 5.12 Å². The van der Waals surface area contributed by atoms with Crippen LogP contribution in [0.2, 0.25) is 0 Å². The molecule has 0 spiro atoms. The maximum atomic E-state index is 11.3. The van der Waals surface area contributed by atoms with Gasteiger partial charge in [-0.15, -0.1) is 6.42 Å². The van der Waals surface area contributed by atoms with Gasteiger partial charge in [-0.25, -0.2) is 0 Å². The molecule has 0 radical (unpaired) electrons. The molecule has 1 N–H and O–H groups in total. The molecule has 1 aliphatic heterocycles. The first-order valence-electron chi connectivity index (χ1n) is 4.20. The van der Waals surface area contributed by atoms with Crippen LogP contribution in [-0.4, -0.2) is 15.0 Å². The smallest absolute Gasteiger partial charge is 0.219 e. The number of rotatable bonds is 1. The monoisotopic (exact) mass is 208 g/mol. The van der Waals surface area contributed by atoms with Gasteiger partial charge in [0.25, 0.3) is 0 Å². The fourth-order valence-corrected chi connectivity index (χ4v) is 2.46. The van der Waals surface area contributed by atoms with Gasteiger partial charge in [0.05, 0.1) is 4.75 Å². The molecule has 0 aliphatic carbocycles. The molecule has 0 aromatic carbocycles. The van der Waals surface area contributed by atoms with Crippen molar-refractivity contribution in [3.8, 4) is 12.3 Å². The Balaban J connectivity index is 3.14. The molecule has 74 valence electrons. The van der Waals surface area contributed by atoms with E-state index in [9.17, 15) is 9.90 Å². The van der Waals surface area contributed by atoms with Crippen molar-refractivity contribution in [3.05, 3.63) is 23.0 Å². The normalized spacial score (nSPS) is 28.1. The van der Waals surface area contributed by atoms with E-state index in [0.29, 0.717) is 11.1 Å². The summed E-state index contributed by atoms with van der Waals surface area (Å²) in [7, 11) is 0. The van der Waals surface area contributed by atoms with Crippen LogP contribution in [0.1, 0.15) is 20.8 Å². The van der Waals surface area contributed by atoms with Crippen molar-refractivity contribution in [1.82, 2.24) is 0 Å². The summed E-state index contributed by atoms with van der Waals surface area (Å²) in [6, 6.07) is 0. The van der Waals surface area contributed by atoms with Gasteiger partial charge < -0.3 is 5.11 Å². The Morgan fingerprint density at radius 1 is 1.71 bits per heavy atom. The molecule has 1 atom stereocenters. The van der Waals surface area contributed by atoms with Crippen LogP contribution in [0.5, 0.6) is 0 Å². The third kappa shape index (κ3) is 1.71. The minimum atomic E-state index is -0.683. The Morgan fingerprint density at radius 2 is 2.29 bits per heavy atom. The number of aliphatic hydroxyl groups is 1. The highest BCUT2D eigenvalue weighted by Gasteiger charge is 2.40. The molecule has 0 aromatic rings. The quantitative estimate of drug-likeness (QED) is 0.672. The first-order valence-corrected chi connectivity index (χ1v) is 5.02. The third-order valence-electron chi connectivity index (χ3n) is 2.16. The predicted molar refractivity (Wildman–Crippen MR) is 58.9 cm³/mol. The second-order valence-electron chi connectivity index (χ2n) is 3.44. The van der Waals surface area contributed by atoms with Crippen molar-refractivity contribution in [3.63, 3.8) is 0 Å². The van der Waals surface area contributed by atoms with Gasteiger partial charge >= 0.3 is 0 Å². The Labute approximate surface area is 88.1 Å². The van der Waals surface area contributed by atoms with Crippen LogP contribution in [0.4, 0.5) is 0 Å². The molecular weight excluding hydrogens is 196 g/mol. The van der Waals surface area contributed by atoms with E-state index in [1.54, 1.807) is 26.8 Å². The molecule has 0 amide bonds. The summed E-state index contributed by atoms with van der Waals surface area (Å²) in [6.45, 7) is 5.18. The van der Waals surface area contributed by atoms with Gasteiger partial charge in [-0.1, -0.05) is 17.7 Å². The van der Waals surface area contributed by atoms with E-state index >= 15 is 0 Å². The Kier molecular flexibility index (Phi) is 2.77. The van der Waals surface area contributed by atoms with E-state index < -0.39 is 4.75 Å². The largest absolute Gasteiger partial charge is 0.510 e. The van der Waals surface area contributed by atoms with E-state index in [1.165, 1.54) is 0 Å². The molecule has 1 heterocycles. The lowest BCUT2D eigenvalue weighted by atomic mass is 10.0. The van der Waals surface area contributed by atoms with Crippen molar-refractivity contribution in [2.45, 2.75) is 25.5 Å². The second-order valence-corrected chi connectivity index (χ2v) is 4.86. The van der Waals surface area contributed by atoms with Crippen LogP contribution in [0, 0.1) is 12.3 Å². The van der Waals surface area contributed by atoms with Gasteiger partial charge in [0, 0.05) is 5.57 Å². The number of carbonyl (C=O) groups is 1. The van der Waals surface area contributed by atoms with Gasteiger partial charge in [0.1, 0.15) is 5.76 Å². The van der Waals surface area contributed by atoms with Crippen molar-refractivity contribution in [2.24, 2.45) is 0 Å². The second kappa shape index (κ2) is 3.55. The molecule has 1 aliphatic rings. The first-order chi connectivity index (χ1) is 6.40. The number of thioether (sulfide) groups is 1. The highest BCUT2D eigenvalue weighted by Crippen LogP contribution is 2.43. The molecule has 0 aromatic heterocycles. The molecule has 0 unspecified atom stereocenters. The molecule has 3 heteroatoms. The zero-order valence-electron chi connectivity index (χ0n) is 8.42. The van der Waals surface area contributed by atoms with Crippen molar-refractivity contribution in [2.75, 3.05) is 0 Å². The summed E-state index contributed by atoms with van der Waals surface area (Å²) in [4.78, 5) is 11.3. The van der Waals surface area contributed by atoms with Crippen LogP contribution >= 0.6 is 11.8 Å². The van der Waals surface area contributed by atoms with E-state index in [0.717, 1.165) is 11.8 Å². The number of terminal acetylenes is 1. The molecule has 0 saturated carbocycles. The summed E-state index contributed by atoms with van der Waals surface area (Å²) >= 11 is 1.09. The number of aliphatic hydroxyl groups excluding tert-OH is 1. The predicted octanol–water partition coefficient (Wildman–Crippen LogP) is 2.43. The highest BCUT2D eigenvalue weighted by atomic mass is 32.2. The van der Waals surface area contributed by atoms with Gasteiger partial charge in [-0.2, -0.15) is 0 Å². The Bertz CT molecular complexity index is 385. The van der Waals surface area contributed by atoms with Crippen LogP contribution in [0.3, 0.4) is 0 Å². The van der Waals surface area contributed by atoms with Crippen molar-refractivity contribution in [1.29, 1.82) is 0 Å². The lowest BCUT2D eigenvalue weighted by molar-refractivity contribution is -0.107. The molecule has 0 fully saturated rings. The van der Waals surface area contributed by atoms with Crippen LogP contribution in [-0.2, 0) is 4.79 Å². The third-order valence-corrected chi connectivity index (χ3v) is 3.38. The van der Waals surface area contributed by atoms with Gasteiger partial charge in [0.15, 0.2) is 0 Å². The molecule has 0 saturated heterocycles. The summed E-state index contributed by atoms with van der Waals surface area (Å²) < 4.78 is -0.683. The van der Waals surface area contributed by atoms with Crippen LogP contribution in [0.25, 0.3) is 0 Å². The fourth-order valence-electron chi connectivity index (χ4n) is 1.34. The van der Waals surface area contributed by atoms with Crippen molar-refractivity contribution < 1.29 is 9.90 Å². The van der Waals surface area contributed by atoms with Crippen molar-refractivity contribution >= 4 is 16.9 Å². The zero-order chi connectivity index (χ0) is 10.9. The summed E-state index contributed by atoms with van der Waals surface area (Å²) in [5, 5.41) is 9.66. The number of carbonyl (C=O) groups excluding carboxylic acids is 1. The minimum absolute atomic E-state index is 0.0916. The highest BCUT2D eigenvalue weighted by molar-refractivity contribution is 8.16. The SMILES string of the molecule is C#C/C(C)=C/[C@@]1(C)SC(=O)C(C)=C1O. The van der Waals surface area contributed by atoms with E-state index in [4.69, 9.17) is 6.42 Å². The topological polar surface area (TPSA) is 37.3 Å². The summed E-state index contributed by atoms with van der Waals surface area (Å²) in [6.07, 6.45) is 6.95. The first kappa shape index (κ1) is 10.9. The number of allylic oxidation sites excluding steroid dienone is 1. The number of hydrogen-bond acceptors (Lipinski definition) is 3. The van der Waals surface area contributed by atoms with E-state index in [1.807, 2.05) is 0 Å². The standard InChI is InChI=1S/C11H12O2S/c1-5-7(2)6-11(4)9(12)8(3)10(13)14-11/h1,6,12H,2-4H3/b7-6+/t11-/m1/s1. The lowest BCUT2D eigenvalue weighted by Gasteiger charge is -2.17. The summed E-state index contributed by atoms with van der Waals surface area (Å²) in [5.74, 6) is 2.58. The van der Waals surface area contributed by atoms with Gasteiger partial charge in [-0.3, -0.25) is 4.79 Å². The van der Waals surface area contributed by atoms with Gasteiger partial charge in [-0.05, 0) is 32.4 Å². The zero-order valence-corrected chi connectivity index (χ0v) is 9.23.